The molecule has 0 saturated heterocycles. The minimum absolute atomic E-state index is 0.147. The number of ether oxygens (including phenoxy) is 2. The number of benzene rings is 1. The predicted molar refractivity (Wildman–Crippen MR) is 89.6 cm³/mol. The monoisotopic (exact) mass is 313 g/mol. The topological polar surface area (TPSA) is 57.5 Å². The van der Waals surface area contributed by atoms with Crippen molar-refractivity contribution in [3.63, 3.8) is 0 Å². The van der Waals surface area contributed by atoms with Gasteiger partial charge in [-0.05, 0) is 18.6 Å². The molecule has 1 aromatic heterocycles. The van der Waals surface area contributed by atoms with Crippen LogP contribution in [0.5, 0.6) is 0 Å². The van der Waals surface area contributed by atoms with Gasteiger partial charge in [0.25, 0.3) is 0 Å². The lowest BCUT2D eigenvalue weighted by atomic mass is 9.99. The van der Waals surface area contributed by atoms with Crippen LogP contribution in [0.3, 0.4) is 0 Å². The molecule has 1 aromatic carbocycles. The first-order valence-corrected chi connectivity index (χ1v) is 7.04. The molecule has 23 heavy (non-hydrogen) atoms. The molecule has 2 rings (SSSR count). The Labute approximate surface area is 134 Å². The summed E-state index contributed by atoms with van der Waals surface area (Å²) in [5, 5.41) is 0.841. The number of hydrogen-bond donors (Lipinski definition) is 0. The highest BCUT2D eigenvalue weighted by molar-refractivity contribution is 6.25. The largest absolute Gasteiger partial charge is 0.466 e. The molecule has 0 aliphatic carbocycles. The molecule has 0 aliphatic heterocycles. The van der Waals surface area contributed by atoms with Crippen molar-refractivity contribution in [2.45, 2.75) is 6.92 Å². The SMILES string of the molecule is C=C(C)c1c(/C(=C\C(=O)OC)C(=O)OC)c2ccccc2n1C. The Bertz CT molecular complexity index is 827. The minimum atomic E-state index is -0.619. The smallest absolute Gasteiger partial charge is 0.338 e. The van der Waals surface area contributed by atoms with Gasteiger partial charge in [-0.2, -0.15) is 0 Å². The lowest BCUT2D eigenvalue weighted by Crippen LogP contribution is -2.09. The van der Waals surface area contributed by atoms with E-state index in [0.717, 1.165) is 28.2 Å². The molecule has 0 aliphatic rings. The van der Waals surface area contributed by atoms with E-state index in [1.807, 2.05) is 42.8 Å². The fraction of sp³-hybridized carbons (Fsp3) is 0.222. The number of para-hydroxylation sites is 1. The molecule has 1 heterocycles. The maximum absolute atomic E-state index is 12.3. The van der Waals surface area contributed by atoms with Gasteiger partial charge in [0.15, 0.2) is 0 Å². The lowest BCUT2D eigenvalue weighted by molar-refractivity contribution is -0.136. The van der Waals surface area contributed by atoms with E-state index in [2.05, 4.69) is 11.3 Å². The molecule has 0 radical (unpaired) electrons. The number of rotatable bonds is 4. The maximum atomic E-state index is 12.3. The second-order valence-electron chi connectivity index (χ2n) is 5.15. The summed E-state index contributed by atoms with van der Waals surface area (Å²) in [7, 11) is 4.43. The molecular weight excluding hydrogens is 294 g/mol. The van der Waals surface area contributed by atoms with Crippen LogP contribution >= 0.6 is 0 Å². The number of aryl methyl sites for hydroxylation is 1. The van der Waals surface area contributed by atoms with E-state index in [1.165, 1.54) is 14.2 Å². The number of aromatic nitrogens is 1. The third kappa shape index (κ3) is 2.90. The van der Waals surface area contributed by atoms with E-state index in [9.17, 15) is 9.59 Å². The number of methoxy groups -OCH3 is 2. The average molecular weight is 313 g/mol. The van der Waals surface area contributed by atoms with E-state index >= 15 is 0 Å². The number of carbonyl (C=O) groups excluding carboxylic acids is 2. The molecule has 0 N–H and O–H groups in total. The zero-order valence-electron chi connectivity index (χ0n) is 13.7. The zero-order chi connectivity index (χ0) is 17.1. The molecule has 120 valence electrons. The standard InChI is InChI=1S/C18H19NO4/c1-11(2)17-16(12-8-6-7-9-14(12)19(17)3)13(18(21)23-5)10-15(20)22-4/h6-10H,1H2,2-5H3/b13-10+. The zero-order valence-corrected chi connectivity index (χ0v) is 13.7. The van der Waals surface area contributed by atoms with Crippen molar-refractivity contribution in [1.82, 2.24) is 4.57 Å². The van der Waals surface area contributed by atoms with Crippen LogP contribution in [0.2, 0.25) is 0 Å². The summed E-state index contributed by atoms with van der Waals surface area (Å²) in [5.41, 5.74) is 3.24. The summed E-state index contributed by atoms with van der Waals surface area (Å²) in [5.74, 6) is -1.22. The van der Waals surface area contributed by atoms with Gasteiger partial charge in [-0.25, -0.2) is 9.59 Å². The van der Waals surface area contributed by atoms with Gasteiger partial charge in [-0.15, -0.1) is 0 Å². The summed E-state index contributed by atoms with van der Waals surface area (Å²) < 4.78 is 11.5. The maximum Gasteiger partial charge on any atom is 0.338 e. The Morgan fingerprint density at radius 3 is 2.39 bits per heavy atom. The molecule has 5 heteroatoms. The third-order valence-corrected chi connectivity index (χ3v) is 3.65. The van der Waals surface area contributed by atoms with Gasteiger partial charge in [0.2, 0.25) is 0 Å². The number of hydrogen-bond acceptors (Lipinski definition) is 4. The highest BCUT2D eigenvalue weighted by Gasteiger charge is 2.24. The quantitative estimate of drug-likeness (QED) is 0.643. The highest BCUT2D eigenvalue weighted by Crippen LogP contribution is 2.35. The first-order valence-electron chi connectivity index (χ1n) is 7.04. The molecular formula is C18H19NO4. The normalized spacial score (nSPS) is 11.4. The van der Waals surface area contributed by atoms with Crippen molar-refractivity contribution in [1.29, 1.82) is 0 Å². The Hall–Kier alpha value is -2.82. The Morgan fingerprint density at radius 1 is 1.17 bits per heavy atom. The van der Waals surface area contributed by atoms with Crippen molar-refractivity contribution < 1.29 is 19.1 Å². The predicted octanol–water partition coefficient (Wildman–Crippen LogP) is 2.94. The van der Waals surface area contributed by atoms with Crippen molar-refractivity contribution >= 4 is 34.0 Å². The van der Waals surface area contributed by atoms with Crippen LogP contribution in [0.1, 0.15) is 18.2 Å². The Balaban J connectivity index is 2.90. The molecule has 0 spiro atoms. The molecule has 0 amide bonds. The number of fused-ring (bicyclic) bond motifs is 1. The van der Waals surface area contributed by atoms with Crippen LogP contribution in [0.4, 0.5) is 0 Å². The lowest BCUT2D eigenvalue weighted by Gasteiger charge is -2.10. The third-order valence-electron chi connectivity index (χ3n) is 3.65. The second-order valence-corrected chi connectivity index (χ2v) is 5.15. The summed E-state index contributed by atoms with van der Waals surface area (Å²) in [6.45, 7) is 5.84. The number of carbonyl (C=O) groups is 2. The van der Waals surface area contributed by atoms with E-state index in [-0.39, 0.29) is 5.57 Å². The number of esters is 2. The van der Waals surface area contributed by atoms with Crippen LogP contribution in [0.15, 0.2) is 36.9 Å². The van der Waals surface area contributed by atoms with Crippen molar-refractivity contribution in [3.8, 4) is 0 Å². The number of allylic oxidation sites excluding steroid dienone is 1. The van der Waals surface area contributed by atoms with E-state index in [0.29, 0.717) is 5.56 Å². The van der Waals surface area contributed by atoms with Crippen LogP contribution < -0.4 is 0 Å². The second kappa shape index (κ2) is 6.52. The molecule has 2 aromatic rings. The van der Waals surface area contributed by atoms with Crippen molar-refractivity contribution in [3.05, 3.63) is 48.2 Å². The molecule has 0 atom stereocenters. The van der Waals surface area contributed by atoms with Gasteiger partial charge < -0.3 is 14.0 Å². The summed E-state index contributed by atoms with van der Waals surface area (Å²) in [6, 6.07) is 7.63. The van der Waals surface area contributed by atoms with Gasteiger partial charge in [-0.1, -0.05) is 24.8 Å². The summed E-state index contributed by atoms with van der Waals surface area (Å²) in [4.78, 5) is 24.0. The van der Waals surface area contributed by atoms with E-state index in [4.69, 9.17) is 4.74 Å². The van der Waals surface area contributed by atoms with Crippen LogP contribution in [-0.2, 0) is 26.1 Å². The van der Waals surface area contributed by atoms with Crippen molar-refractivity contribution in [2.24, 2.45) is 7.05 Å². The fourth-order valence-corrected chi connectivity index (χ4v) is 2.69. The van der Waals surface area contributed by atoms with Gasteiger partial charge in [-0.3, -0.25) is 0 Å². The summed E-state index contributed by atoms with van der Waals surface area (Å²) in [6.07, 6.45) is 1.15. The average Bonchev–Trinajstić information content (AvgIpc) is 2.85. The van der Waals surface area contributed by atoms with Crippen LogP contribution in [0, 0.1) is 0 Å². The first kappa shape index (κ1) is 16.5. The van der Waals surface area contributed by atoms with E-state index in [1.54, 1.807) is 0 Å². The van der Waals surface area contributed by atoms with Crippen molar-refractivity contribution in [2.75, 3.05) is 14.2 Å². The molecule has 0 unspecified atom stereocenters. The fourth-order valence-electron chi connectivity index (χ4n) is 2.69. The minimum Gasteiger partial charge on any atom is -0.466 e. The van der Waals surface area contributed by atoms with Gasteiger partial charge in [0.05, 0.1) is 25.5 Å². The molecule has 0 saturated carbocycles. The Kier molecular flexibility index (Phi) is 4.69. The van der Waals surface area contributed by atoms with Crippen LogP contribution in [0.25, 0.3) is 22.0 Å². The van der Waals surface area contributed by atoms with Gasteiger partial charge in [0, 0.05) is 29.6 Å². The Morgan fingerprint density at radius 2 is 1.83 bits per heavy atom. The molecule has 0 fully saturated rings. The van der Waals surface area contributed by atoms with E-state index < -0.39 is 11.9 Å². The highest BCUT2D eigenvalue weighted by atomic mass is 16.5. The summed E-state index contributed by atoms with van der Waals surface area (Å²) >= 11 is 0. The van der Waals surface area contributed by atoms with Crippen LogP contribution in [-0.4, -0.2) is 30.7 Å². The van der Waals surface area contributed by atoms with Gasteiger partial charge >= 0.3 is 11.9 Å². The first-order chi connectivity index (χ1) is 10.9. The molecule has 5 nitrogen and oxygen atoms in total. The molecule has 0 bridgehead atoms. The number of nitrogens with zero attached hydrogens (tertiary/aromatic N) is 1. The van der Waals surface area contributed by atoms with Gasteiger partial charge in [0.1, 0.15) is 0 Å².